The first-order chi connectivity index (χ1) is 17.3. The molecule has 0 aliphatic heterocycles. The lowest BCUT2D eigenvalue weighted by molar-refractivity contribution is -0.139. The number of benzene rings is 3. The van der Waals surface area contributed by atoms with Crippen molar-refractivity contribution in [3.63, 3.8) is 0 Å². The maximum absolute atomic E-state index is 12.5. The Balaban J connectivity index is 1.37. The van der Waals surface area contributed by atoms with Gasteiger partial charge in [-0.1, -0.05) is 60.7 Å². The number of carbonyl (C=O) groups excluding carboxylic acids is 1. The minimum Gasteiger partial charge on any atom is -0.480 e. The van der Waals surface area contributed by atoms with E-state index in [1.165, 1.54) is 26.4 Å². The zero-order valence-electron chi connectivity index (χ0n) is 19.7. The van der Waals surface area contributed by atoms with Crippen LogP contribution in [0.5, 0.6) is 5.75 Å². The highest BCUT2D eigenvalue weighted by Gasteiger charge is 2.30. The second kappa shape index (κ2) is 11.0. The molecule has 10 heteroatoms. The van der Waals surface area contributed by atoms with Gasteiger partial charge in [0, 0.05) is 26.6 Å². The number of ether oxygens (including phenoxy) is 1. The number of hydrogen-bond acceptors (Lipinski definition) is 7. The molecule has 1 aliphatic carbocycles. The molecule has 0 heterocycles. The summed E-state index contributed by atoms with van der Waals surface area (Å²) in [5.41, 5.74) is 4.94. The van der Waals surface area contributed by atoms with Crippen LogP contribution in [-0.2, 0) is 29.6 Å². The first kappa shape index (κ1) is 25.4. The van der Waals surface area contributed by atoms with Crippen LogP contribution in [0.3, 0.4) is 0 Å². The minimum atomic E-state index is -3.71. The zero-order valence-corrected chi connectivity index (χ0v) is 20.6. The molecule has 0 spiro atoms. The highest BCUT2D eigenvalue weighted by atomic mass is 31.2. The van der Waals surface area contributed by atoms with Crippen LogP contribution in [0.2, 0.25) is 0 Å². The van der Waals surface area contributed by atoms with Gasteiger partial charge in [-0.05, 0) is 39.9 Å². The van der Waals surface area contributed by atoms with Gasteiger partial charge >= 0.3 is 19.9 Å². The van der Waals surface area contributed by atoms with Crippen molar-refractivity contribution in [3.8, 4) is 16.9 Å². The van der Waals surface area contributed by atoms with E-state index in [1.54, 1.807) is 12.1 Å². The van der Waals surface area contributed by atoms with Crippen molar-refractivity contribution < 1.29 is 37.6 Å². The zero-order chi connectivity index (χ0) is 25.7. The first-order valence-corrected chi connectivity index (χ1v) is 12.6. The second-order valence-corrected chi connectivity index (χ2v) is 9.92. The highest BCUT2D eigenvalue weighted by Crippen LogP contribution is 2.47. The number of amides is 1. The molecule has 2 N–H and O–H groups in total. The summed E-state index contributed by atoms with van der Waals surface area (Å²) in [4.78, 5) is 24.3. The van der Waals surface area contributed by atoms with Crippen LogP contribution in [0.25, 0.3) is 11.1 Å². The first-order valence-electron chi connectivity index (χ1n) is 11.2. The lowest BCUT2D eigenvalue weighted by Crippen LogP contribution is -2.42. The smallest absolute Gasteiger partial charge is 0.480 e. The number of alkyl carbamates (subject to hydrolysis) is 1. The van der Waals surface area contributed by atoms with Gasteiger partial charge in [0.05, 0.1) is 0 Å². The quantitative estimate of drug-likeness (QED) is 0.365. The van der Waals surface area contributed by atoms with E-state index in [-0.39, 0.29) is 24.7 Å². The van der Waals surface area contributed by atoms with Gasteiger partial charge < -0.3 is 19.7 Å². The highest BCUT2D eigenvalue weighted by molar-refractivity contribution is 7.48. The van der Waals surface area contributed by atoms with Crippen molar-refractivity contribution >= 4 is 19.9 Å². The number of phosphoric ester groups is 1. The Kier molecular flexibility index (Phi) is 7.74. The van der Waals surface area contributed by atoms with Crippen LogP contribution in [-0.4, -0.2) is 44.0 Å². The fourth-order valence-electron chi connectivity index (χ4n) is 4.18. The maximum atomic E-state index is 12.5. The van der Waals surface area contributed by atoms with Gasteiger partial charge in [0.15, 0.2) is 0 Å². The summed E-state index contributed by atoms with van der Waals surface area (Å²) in [7, 11) is -1.31. The number of nitrogens with one attached hydrogen (secondary N) is 1. The van der Waals surface area contributed by atoms with Crippen molar-refractivity contribution in [1.29, 1.82) is 0 Å². The number of aliphatic carboxylic acids is 1. The summed E-state index contributed by atoms with van der Waals surface area (Å²) in [6.45, 7) is 0.0806. The number of rotatable bonds is 10. The van der Waals surface area contributed by atoms with E-state index in [2.05, 4.69) is 5.32 Å². The molecule has 0 unspecified atom stereocenters. The Morgan fingerprint density at radius 1 is 0.917 bits per heavy atom. The van der Waals surface area contributed by atoms with E-state index >= 15 is 0 Å². The van der Waals surface area contributed by atoms with Gasteiger partial charge in [-0.2, -0.15) is 0 Å². The molecule has 0 aromatic heterocycles. The van der Waals surface area contributed by atoms with Crippen LogP contribution in [0.1, 0.15) is 22.6 Å². The van der Waals surface area contributed by atoms with Crippen molar-refractivity contribution in [2.75, 3.05) is 20.8 Å². The molecule has 1 amide bonds. The van der Waals surface area contributed by atoms with E-state index in [0.717, 1.165) is 22.3 Å². The number of carboxylic acid groups (broad SMARTS) is 1. The SMILES string of the molecule is COP(=O)(OC)Oc1ccc(C[C@@H](NC(=O)OCC2c3ccccc3-c3ccccc32)C(=O)O)cc1. The van der Waals surface area contributed by atoms with E-state index in [0.29, 0.717) is 5.56 Å². The number of carboxylic acids is 1. The third-order valence-corrected chi connectivity index (χ3v) is 7.29. The van der Waals surface area contributed by atoms with Gasteiger partial charge in [-0.15, -0.1) is 0 Å². The summed E-state index contributed by atoms with van der Waals surface area (Å²) in [6.07, 6.45) is -0.809. The predicted octanol–water partition coefficient (Wildman–Crippen LogP) is 5.00. The molecule has 0 saturated carbocycles. The molecule has 0 fully saturated rings. The average Bonchev–Trinajstić information content (AvgIpc) is 3.21. The molecule has 4 rings (SSSR count). The van der Waals surface area contributed by atoms with Crippen molar-refractivity contribution in [2.24, 2.45) is 0 Å². The Morgan fingerprint density at radius 3 is 2.00 bits per heavy atom. The molecule has 0 radical (unpaired) electrons. The van der Waals surface area contributed by atoms with Crippen molar-refractivity contribution in [1.82, 2.24) is 5.32 Å². The third kappa shape index (κ3) is 5.60. The fourth-order valence-corrected chi connectivity index (χ4v) is 4.86. The maximum Gasteiger partial charge on any atom is 0.529 e. The third-order valence-electron chi connectivity index (χ3n) is 5.96. The number of fused-ring (bicyclic) bond motifs is 3. The molecular weight excluding hydrogens is 485 g/mol. The molecule has 0 bridgehead atoms. The second-order valence-electron chi connectivity index (χ2n) is 8.11. The fraction of sp³-hybridized carbons (Fsp3) is 0.231. The van der Waals surface area contributed by atoms with Gasteiger partial charge in [-0.3, -0.25) is 9.05 Å². The Bertz CT molecular complexity index is 1240. The lowest BCUT2D eigenvalue weighted by Gasteiger charge is -2.18. The Morgan fingerprint density at radius 2 is 1.47 bits per heavy atom. The Labute approximate surface area is 208 Å². The molecular formula is C26H26NO8P. The number of hydrogen-bond donors (Lipinski definition) is 2. The molecule has 188 valence electrons. The van der Waals surface area contributed by atoms with E-state index < -0.39 is 25.9 Å². The molecule has 3 aromatic rings. The van der Waals surface area contributed by atoms with Crippen LogP contribution in [0.4, 0.5) is 4.79 Å². The Hall–Kier alpha value is -3.65. The normalized spacial score (nSPS) is 13.4. The number of carbonyl (C=O) groups is 2. The summed E-state index contributed by atoms with van der Waals surface area (Å²) in [5, 5.41) is 12.1. The van der Waals surface area contributed by atoms with E-state index in [4.69, 9.17) is 18.3 Å². The average molecular weight is 511 g/mol. The molecule has 3 aromatic carbocycles. The van der Waals surface area contributed by atoms with Crippen LogP contribution in [0.15, 0.2) is 72.8 Å². The molecule has 0 saturated heterocycles. The monoisotopic (exact) mass is 511 g/mol. The van der Waals surface area contributed by atoms with Crippen molar-refractivity contribution in [3.05, 3.63) is 89.5 Å². The number of phosphoric acid groups is 1. The predicted molar refractivity (Wildman–Crippen MR) is 132 cm³/mol. The molecule has 1 atom stereocenters. The summed E-state index contributed by atoms with van der Waals surface area (Å²) < 4.78 is 32.2. The van der Waals surface area contributed by atoms with Gasteiger partial charge in [0.25, 0.3) is 0 Å². The lowest BCUT2D eigenvalue weighted by atomic mass is 9.98. The van der Waals surface area contributed by atoms with Crippen LogP contribution < -0.4 is 9.84 Å². The molecule has 9 nitrogen and oxygen atoms in total. The van der Waals surface area contributed by atoms with E-state index in [1.807, 2.05) is 48.5 Å². The molecule has 36 heavy (non-hydrogen) atoms. The standard InChI is InChI=1S/C26H26NO8P/c1-32-36(31,33-2)35-18-13-11-17(12-14-18)15-24(25(28)29)27-26(30)34-16-23-21-9-5-3-7-19(21)20-8-4-6-10-22(20)23/h3-14,23-24H,15-16H2,1-2H3,(H,27,30)(H,28,29)/t24-/m1/s1. The summed E-state index contributed by atoms with van der Waals surface area (Å²) in [5.74, 6) is -1.11. The van der Waals surface area contributed by atoms with Crippen LogP contribution in [0, 0.1) is 0 Å². The van der Waals surface area contributed by atoms with Gasteiger partial charge in [0.1, 0.15) is 18.4 Å². The van der Waals surface area contributed by atoms with Gasteiger partial charge in [0.2, 0.25) is 0 Å². The topological polar surface area (TPSA) is 120 Å². The largest absolute Gasteiger partial charge is 0.529 e. The van der Waals surface area contributed by atoms with E-state index in [9.17, 15) is 19.3 Å². The summed E-state index contributed by atoms with van der Waals surface area (Å²) in [6, 6.07) is 20.9. The van der Waals surface area contributed by atoms with Crippen LogP contribution >= 0.6 is 7.82 Å². The summed E-state index contributed by atoms with van der Waals surface area (Å²) >= 11 is 0. The molecule has 1 aliphatic rings. The van der Waals surface area contributed by atoms with Crippen molar-refractivity contribution in [2.45, 2.75) is 18.4 Å². The minimum absolute atomic E-state index is 0.00598. The van der Waals surface area contributed by atoms with Gasteiger partial charge in [-0.25, -0.2) is 14.2 Å².